The molecule has 28 heavy (non-hydrogen) atoms. The van der Waals surface area contributed by atoms with Crippen molar-refractivity contribution in [3.63, 3.8) is 0 Å². The molecular formula is C23H19IN2OS. The van der Waals surface area contributed by atoms with Gasteiger partial charge in [-0.1, -0.05) is 72.4 Å². The van der Waals surface area contributed by atoms with E-state index in [4.69, 9.17) is 4.98 Å². The molecule has 3 nitrogen and oxygen atoms in total. The molecule has 0 atom stereocenters. The number of nitrogens with zero attached hydrogens (tertiary/aromatic N) is 2. The third kappa shape index (κ3) is 4.47. The molecule has 0 amide bonds. The Morgan fingerprint density at radius 3 is 2.29 bits per heavy atom. The van der Waals surface area contributed by atoms with Gasteiger partial charge in [-0.05, 0) is 58.3 Å². The first kappa shape index (κ1) is 19.2. The lowest BCUT2D eigenvalue weighted by molar-refractivity contribution is 0.658. The number of rotatable bonds is 6. The van der Waals surface area contributed by atoms with Gasteiger partial charge in [-0.3, -0.25) is 9.36 Å². The molecule has 4 rings (SSSR count). The molecule has 0 bridgehead atoms. The van der Waals surface area contributed by atoms with E-state index >= 15 is 0 Å². The van der Waals surface area contributed by atoms with Gasteiger partial charge in [0.05, 0.1) is 17.4 Å². The van der Waals surface area contributed by atoms with E-state index in [0.717, 1.165) is 32.0 Å². The van der Waals surface area contributed by atoms with E-state index in [0.29, 0.717) is 11.9 Å². The molecule has 4 aromatic rings. The number of hydrogen-bond donors (Lipinski definition) is 0. The normalized spacial score (nSPS) is 11.0. The van der Waals surface area contributed by atoms with Crippen LogP contribution in [0.15, 0.2) is 88.8 Å². The highest BCUT2D eigenvalue weighted by Crippen LogP contribution is 2.21. The van der Waals surface area contributed by atoms with Gasteiger partial charge in [0.2, 0.25) is 0 Å². The maximum atomic E-state index is 13.2. The van der Waals surface area contributed by atoms with E-state index in [-0.39, 0.29) is 5.56 Å². The van der Waals surface area contributed by atoms with Gasteiger partial charge in [0, 0.05) is 9.32 Å². The van der Waals surface area contributed by atoms with Crippen LogP contribution in [0.4, 0.5) is 0 Å². The van der Waals surface area contributed by atoms with Crippen molar-refractivity contribution in [1.29, 1.82) is 0 Å². The highest BCUT2D eigenvalue weighted by molar-refractivity contribution is 14.1. The highest BCUT2D eigenvalue weighted by Gasteiger charge is 2.12. The molecule has 0 aliphatic rings. The van der Waals surface area contributed by atoms with Crippen LogP contribution in [-0.4, -0.2) is 15.3 Å². The molecule has 1 aromatic heterocycles. The van der Waals surface area contributed by atoms with Gasteiger partial charge in [0.25, 0.3) is 5.56 Å². The minimum atomic E-state index is 0.0228. The Hall–Kier alpha value is -2.12. The fraction of sp³-hybridized carbons (Fsp3) is 0.130. The molecule has 140 valence electrons. The summed E-state index contributed by atoms with van der Waals surface area (Å²) in [5.74, 6) is 0.876. The van der Waals surface area contributed by atoms with E-state index in [1.807, 2.05) is 59.2 Å². The van der Waals surface area contributed by atoms with Gasteiger partial charge in [0.1, 0.15) is 0 Å². The standard InChI is InChI=1S/C23H19IN2OS/c24-19-11-12-21-20(15-19)22(27)26(16-18-9-5-2-6-10-18)23(25-21)28-14-13-17-7-3-1-4-8-17/h1-12,15H,13-14,16H2. The van der Waals surface area contributed by atoms with Crippen molar-refractivity contribution >= 4 is 45.3 Å². The lowest BCUT2D eigenvalue weighted by atomic mass is 10.2. The van der Waals surface area contributed by atoms with Gasteiger partial charge in [-0.25, -0.2) is 4.98 Å². The molecule has 0 N–H and O–H groups in total. The van der Waals surface area contributed by atoms with Crippen LogP contribution in [-0.2, 0) is 13.0 Å². The minimum Gasteiger partial charge on any atom is -0.283 e. The number of aromatic nitrogens is 2. The fourth-order valence-corrected chi connectivity index (χ4v) is 4.57. The first-order valence-electron chi connectivity index (χ1n) is 9.11. The van der Waals surface area contributed by atoms with E-state index < -0.39 is 0 Å². The Kier molecular flexibility index (Phi) is 6.12. The van der Waals surface area contributed by atoms with Crippen LogP contribution >= 0.6 is 34.4 Å². The lowest BCUT2D eigenvalue weighted by Crippen LogP contribution is -2.24. The third-order valence-corrected chi connectivity index (χ3v) is 6.18. The SMILES string of the molecule is O=c1c2cc(I)ccc2nc(SCCc2ccccc2)n1Cc1ccccc1. The number of thioether (sulfide) groups is 1. The topological polar surface area (TPSA) is 34.9 Å². The maximum absolute atomic E-state index is 13.2. The summed E-state index contributed by atoms with van der Waals surface area (Å²) < 4.78 is 2.85. The van der Waals surface area contributed by atoms with E-state index in [9.17, 15) is 4.79 Å². The molecule has 0 spiro atoms. The summed E-state index contributed by atoms with van der Waals surface area (Å²) in [4.78, 5) is 18.1. The van der Waals surface area contributed by atoms with Gasteiger partial charge in [-0.15, -0.1) is 0 Å². The van der Waals surface area contributed by atoms with Crippen LogP contribution in [0.2, 0.25) is 0 Å². The highest BCUT2D eigenvalue weighted by atomic mass is 127. The van der Waals surface area contributed by atoms with Crippen LogP contribution in [0.25, 0.3) is 10.9 Å². The third-order valence-electron chi connectivity index (χ3n) is 4.53. The second kappa shape index (κ2) is 8.92. The first-order chi connectivity index (χ1) is 13.7. The zero-order chi connectivity index (χ0) is 19.3. The van der Waals surface area contributed by atoms with Crippen molar-refractivity contribution in [2.75, 3.05) is 5.75 Å². The van der Waals surface area contributed by atoms with Crippen molar-refractivity contribution in [3.8, 4) is 0 Å². The number of benzene rings is 3. The second-order valence-corrected chi connectivity index (χ2v) is 8.82. The summed E-state index contributed by atoms with van der Waals surface area (Å²) in [5.41, 5.74) is 3.18. The largest absolute Gasteiger partial charge is 0.283 e. The Bertz CT molecular complexity index is 1140. The van der Waals surface area contributed by atoms with E-state index in [1.54, 1.807) is 11.8 Å². The van der Waals surface area contributed by atoms with Crippen molar-refractivity contribution in [3.05, 3.63) is 104 Å². The average molecular weight is 498 g/mol. The Morgan fingerprint density at radius 2 is 1.57 bits per heavy atom. The monoisotopic (exact) mass is 498 g/mol. The average Bonchev–Trinajstić information content (AvgIpc) is 2.73. The fourth-order valence-electron chi connectivity index (χ4n) is 3.09. The molecule has 0 unspecified atom stereocenters. The number of fused-ring (bicyclic) bond motifs is 1. The van der Waals surface area contributed by atoms with Crippen LogP contribution in [0.3, 0.4) is 0 Å². The zero-order valence-corrected chi connectivity index (χ0v) is 18.2. The van der Waals surface area contributed by atoms with Crippen LogP contribution < -0.4 is 5.56 Å². The number of aryl methyl sites for hydroxylation is 1. The Morgan fingerprint density at radius 1 is 0.893 bits per heavy atom. The Labute approximate surface area is 182 Å². The van der Waals surface area contributed by atoms with E-state index in [2.05, 4.69) is 46.9 Å². The predicted molar refractivity (Wildman–Crippen MR) is 125 cm³/mol. The van der Waals surface area contributed by atoms with Crippen molar-refractivity contribution in [2.45, 2.75) is 18.1 Å². The molecule has 0 aliphatic carbocycles. The summed E-state index contributed by atoms with van der Waals surface area (Å²) in [6, 6.07) is 26.3. The van der Waals surface area contributed by atoms with Crippen LogP contribution in [0.5, 0.6) is 0 Å². The number of hydrogen-bond acceptors (Lipinski definition) is 3. The summed E-state index contributed by atoms with van der Waals surface area (Å²) in [6.45, 7) is 0.530. The van der Waals surface area contributed by atoms with Gasteiger partial charge in [0.15, 0.2) is 5.16 Å². The quantitative estimate of drug-likeness (QED) is 0.203. The van der Waals surface area contributed by atoms with Gasteiger partial charge >= 0.3 is 0 Å². The smallest absolute Gasteiger partial charge is 0.262 e. The molecule has 5 heteroatoms. The van der Waals surface area contributed by atoms with Crippen LogP contribution in [0, 0.1) is 3.57 Å². The minimum absolute atomic E-state index is 0.0228. The van der Waals surface area contributed by atoms with Crippen molar-refractivity contribution in [2.24, 2.45) is 0 Å². The lowest BCUT2D eigenvalue weighted by Gasteiger charge is -2.13. The molecule has 0 saturated heterocycles. The number of halogens is 1. The first-order valence-corrected chi connectivity index (χ1v) is 11.2. The van der Waals surface area contributed by atoms with Crippen LogP contribution in [0.1, 0.15) is 11.1 Å². The predicted octanol–water partition coefficient (Wildman–Crippen LogP) is 5.38. The second-order valence-electron chi connectivity index (χ2n) is 6.52. The summed E-state index contributed by atoms with van der Waals surface area (Å²) in [6.07, 6.45) is 0.942. The summed E-state index contributed by atoms with van der Waals surface area (Å²) >= 11 is 3.88. The molecule has 0 aliphatic heterocycles. The molecule has 0 fully saturated rings. The van der Waals surface area contributed by atoms with Gasteiger partial charge in [-0.2, -0.15) is 0 Å². The molecule has 3 aromatic carbocycles. The van der Waals surface area contributed by atoms with E-state index in [1.165, 1.54) is 5.56 Å². The van der Waals surface area contributed by atoms with Gasteiger partial charge < -0.3 is 0 Å². The summed E-state index contributed by atoms with van der Waals surface area (Å²) in [5, 5.41) is 1.45. The Balaban J connectivity index is 1.69. The maximum Gasteiger partial charge on any atom is 0.262 e. The molecule has 0 saturated carbocycles. The molecule has 0 radical (unpaired) electrons. The molecular weight excluding hydrogens is 479 g/mol. The van der Waals surface area contributed by atoms with Crippen molar-refractivity contribution < 1.29 is 0 Å². The van der Waals surface area contributed by atoms with Crippen molar-refractivity contribution in [1.82, 2.24) is 9.55 Å². The summed E-state index contributed by atoms with van der Waals surface area (Å²) in [7, 11) is 0. The molecule has 1 heterocycles. The zero-order valence-electron chi connectivity index (χ0n) is 15.2.